The van der Waals surface area contributed by atoms with Crippen LogP contribution in [0.4, 0.5) is 0 Å². The van der Waals surface area contributed by atoms with Crippen LogP contribution in [0.3, 0.4) is 0 Å². The van der Waals surface area contributed by atoms with E-state index in [0.717, 1.165) is 36.5 Å². The number of amides is 1. The molecule has 3 aromatic rings. The van der Waals surface area contributed by atoms with Gasteiger partial charge in [-0.2, -0.15) is 0 Å². The molecule has 1 aliphatic heterocycles. The molecule has 5 heteroatoms. The highest BCUT2D eigenvalue weighted by Gasteiger charge is 2.24. The zero-order chi connectivity index (χ0) is 19.7. The Morgan fingerprint density at radius 1 is 1.11 bits per heavy atom. The maximum absolute atomic E-state index is 12.4. The smallest absolute Gasteiger partial charge is 0.251 e. The molecule has 0 saturated carbocycles. The fourth-order valence-electron chi connectivity index (χ4n) is 3.85. The predicted molar refractivity (Wildman–Crippen MR) is 112 cm³/mol. The second-order valence-electron chi connectivity index (χ2n) is 8.04. The molecule has 1 N–H and O–H groups in total. The Kier molecular flexibility index (Phi) is 5.18. The summed E-state index contributed by atoms with van der Waals surface area (Å²) >= 11 is 0. The van der Waals surface area contributed by atoms with Crippen molar-refractivity contribution in [3.8, 4) is 0 Å². The fraction of sp³-hybridized carbons (Fsp3) is 0.391. The second kappa shape index (κ2) is 7.76. The number of fused-ring (bicyclic) bond motifs is 3. The summed E-state index contributed by atoms with van der Waals surface area (Å²) in [5.74, 6) is 1.48. The third-order valence-corrected chi connectivity index (χ3v) is 5.55. The van der Waals surface area contributed by atoms with Gasteiger partial charge < -0.3 is 9.88 Å². The van der Waals surface area contributed by atoms with Gasteiger partial charge in [-0.05, 0) is 36.6 Å². The standard InChI is InChI=1S/C23H28N4O/c1-16(2)14-24-23(28)19-9-10-21-20(13-19)25-22-15-26(11-12-27(21)22)17(3)18-7-5-4-6-8-18/h4-10,13,16-17H,11-12,14-15H2,1-3H3,(H,24,28). The van der Waals surface area contributed by atoms with Crippen molar-refractivity contribution in [2.75, 3.05) is 13.1 Å². The lowest BCUT2D eigenvalue weighted by Gasteiger charge is -2.33. The summed E-state index contributed by atoms with van der Waals surface area (Å²) in [6.45, 7) is 9.85. The molecule has 2 heterocycles. The van der Waals surface area contributed by atoms with Crippen molar-refractivity contribution in [1.82, 2.24) is 19.8 Å². The summed E-state index contributed by atoms with van der Waals surface area (Å²) < 4.78 is 2.29. The molecule has 0 bridgehead atoms. The first kappa shape index (κ1) is 18.7. The molecule has 1 atom stereocenters. The average molecular weight is 377 g/mol. The zero-order valence-electron chi connectivity index (χ0n) is 16.9. The largest absolute Gasteiger partial charge is 0.352 e. The van der Waals surface area contributed by atoms with E-state index in [4.69, 9.17) is 4.98 Å². The number of benzene rings is 2. The minimum Gasteiger partial charge on any atom is -0.352 e. The highest BCUT2D eigenvalue weighted by atomic mass is 16.1. The third kappa shape index (κ3) is 3.67. The van der Waals surface area contributed by atoms with Crippen LogP contribution in [0.1, 0.15) is 48.6 Å². The van der Waals surface area contributed by atoms with Crippen LogP contribution in [-0.2, 0) is 13.1 Å². The molecule has 0 fully saturated rings. The Balaban J connectivity index is 1.55. The minimum atomic E-state index is -0.0269. The van der Waals surface area contributed by atoms with E-state index in [-0.39, 0.29) is 5.91 Å². The van der Waals surface area contributed by atoms with Crippen molar-refractivity contribution in [1.29, 1.82) is 0 Å². The van der Waals surface area contributed by atoms with Gasteiger partial charge >= 0.3 is 0 Å². The van der Waals surface area contributed by atoms with Crippen LogP contribution in [0, 0.1) is 5.92 Å². The van der Waals surface area contributed by atoms with E-state index in [1.165, 1.54) is 5.56 Å². The Labute approximate surface area is 166 Å². The molecular weight excluding hydrogens is 348 g/mol. The Bertz CT molecular complexity index is 977. The fourth-order valence-corrected chi connectivity index (χ4v) is 3.85. The van der Waals surface area contributed by atoms with Crippen molar-refractivity contribution in [3.63, 3.8) is 0 Å². The van der Waals surface area contributed by atoms with E-state index in [0.29, 0.717) is 24.1 Å². The molecule has 28 heavy (non-hydrogen) atoms. The van der Waals surface area contributed by atoms with Gasteiger partial charge in [0, 0.05) is 31.2 Å². The number of rotatable bonds is 5. The predicted octanol–water partition coefficient (Wildman–Crippen LogP) is 4.00. The Morgan fingerprint density at radius 2 is 1.89 bits per heavy atom. The van der Waals surface area contributed by atoms with Crippen molar-refractivity contribution in [2.45, 2.75) is 39.9 Å². The van der Waals surface area contributed by atoms with Crippen molar-refractivity contribution < 1.29 is 4.79 Å². The number of nitrogens with zero attached hydrogens (tertiary/aromatic N) is 3. The Hall–Kier alpha value is -2.66. The maximum atomic E-state index is 12.4. The van der Waals surface area contributed by atoms with Crippen LogP contribution >= 0.6 is 0 Å². The van der Waals surface area contributed by atoms with Crippen LogP contribution < -0.4 is 5.32 Å². The van der Waals surface area contributed by atoms with Gasteiger partial charge in [-0.25, -0.2) is 4.98 Å². The molecule has 1 aliphatic rings. The number of carbonyl (C=O) groups is 1. The number of carbonyl (C=O) groups excluding carboxylic acids is 1. The molecule has 2 aromatic carbocycles. The van der Waals surface area contributed by atoms with Crippen LogP contribution in [0.25, 0.3) is 11.0 Å². The molecule has 5 nitrogen and oxygen atoms in total. The van der Waals surface area contributed by atoms with Gasteiger partial charge in [-0.3, -0.25) is 9.69 Å². The highest BCUT2D eigenvalue weighted by Crippen LogP contribution is 2.27. The molecule has 0 aliphatic carbocycles. The van der Waals surface area contributed by atoms with E-state index in [1.54, 1.807) is 0 Å². The van der Waals surface area contributed by atoms with Crippen LogP contribution in [0.5, 0.6) is 0 Å². The van der Waals surface area contributed by atoms with E-state index in [9.17, 15) is 4.79 Å². The summed E-state index contributed by atoms with van der Waals surface area (Å²) in [5, 5.41) is 2.98. The van der Waals surface area contributed by atoms with E-state index in [1.807, 2.05) is 18.2 Å². The molecule has 0 radical (unpaired) electrons. The van der Waals surface area contributed by atoms with Gasteiger partial charge in [0.1, 0.15) is 5.82 Å². The molecule has 4 rings (SSSR count). The molecule has 0 saturated heterocycles. The maximum Gasteiger partial charge on any atom is 0.251 e. The number of imidazole rings is 1. The molecule has 1 amide bonds. The SMILES string of the molecule is CC(C)CNC(=O)c1ccc2c(c1)nc1n2CCN(C(C)c2ccccc2)C1. The van der Waals surface area contributed by atoms with Gasteiger partial charge in [-0.15, -0.1) is 0 Å². The monoisotopic (exact) mass is 376 g/mol. The number of hydrogen-bond donors (Lipinski definition) is 1. The van der Waals surface area contributed by atoms with E-state index < -0.39 is 0 Å². The van der Waals surface area contributed by atoms with E-state index in [2.05, 4.69) is 65.9 Å². The lowest BCUT2D eigenvalue weighted by atomic mass is 10.1. The highest BCUT2D eigenvalue weighted by molar-refractivity contribution is 5.97. The van der Waals surface area contributed by atoms with Gasteiger partial charge in [0.25, 0.3) is 5.91 Å². The zero-order valence-corrected chi connectivity index (χ0v) is 16.9. The summed E-state index contributed by atoms with van der Waals surface area (Å²) in [6, 6.07) is 16.8. The minimum absolute atomic E-state index is 0.0269. The Morgan fingerprint density at radius 3 is 2.64 bits per heavy atom. The van der Waals surface area contributed by atoms with Crippen molar-refractivity contribution >= 4 is 16.9 Å². The van der Waals surface area contributed by atoms with Crippen LogP contribution in [0.2, 0.25) is 0 Å². The lowest BCUT2D eigenvalue weighted by Crippen LogP contribution is -2.35. The van der Waals surface area contributed by atoms with E-state index >= 15 is 0 Å². The van der Waals surface area contributed by atoms with Crippen molar-refractivity contribution in [3.05, 3.63) is 65.5 Å². The number of nitrogens with one attached hydrogen (secondary N) is 1. The van der Waals surface area contributed by atoms with Gasteiger partial charge in [0.05, 0.1) is 17.6 Å². The van der Waals surface area contributed by atoms with Gasteiger partial charge in [-0.1, -0.05) is 44.2 Å². The molecule has 0 spiro atoms. The molecule has 1 aromatic heterocycles. The first-order valence-electron chi connectivity index (χ1n) is 10.1. The average Bonchev–Trinajstić information content (AvgIpc) is 3.08. The third-order valence-electron chi connectivity index (χ3n) is 5.55. The normalized spacial score (nSPS) is 15.6. The number of aromatic nitrogens is 2. The lowest BCUT2D eigenvalue weighted by molar-refractivity contribution is 0.0949. The summed E-state index contributed by atoms with van der Waals surface area (Å²) in [4.78, 5) is 19.7. The van der Waals surface area contributed by atoms with Gasteiger partial charge in [0.15, 0.2) is 0 Å². The summed E-state index contributed by atoms with van der Waals surface area (Å²) in [6.07, 6.45) is 0. The first-order valence-corrected chi connectivity index (χ1v) is 10.1. The molecular formula is C23H28N4O. The first-order chi connectivity index (χ1) is 13.5. The quantitative estimate of drug-likeness (QED) is 0.732. The second-order valence-corrected chi connectivity index (χ2v) is 8.04. The van der Waals surface area contributed by atoms with Crippen LogP contribution in [0.15, 0.2) is 48.5 Å². The van der Waals surface area contributed by atoms with Gasteiger partial charge in [0.2, 0.25) is 0 Å². The van der Waals surface area contributed by atoms with Crippen LogP contribution in [-0.4, -0.2) is 33.4 Å². The topological polar surface area (TPSA) is 50.2 Å². The summed E-state index contributed by atoms with van der Waals surface area (Å²) in [7, 11) is 0. The number of hydrogen-bond acceptors (Lipinski definition) is 3. The molecule has 1 unspecified atom stereocenters. The van der Waals surface area contributed by atoms with Crippen molar-refractivity contribution in [2.24, 2.45) is 5.92 Å². The summed E-state index contributed by atoms with van der Waals surface area (Å²) in [5.41, 5.74) is 4.03. The molecule has 146 valence electrons.